The predicted molar refractivity (Wildman–Crippen MR) is 68.2 cm³/mol. The number of nitrogens with zero attached hydrogens (tertiary/aromatic N) is 2. The molecule has 6 nitrogen and oxygen atoms in total. The van der Waals surface area contributed by atoms with Crippen molar-refractivity contribution in [1.82, 2.24) is 0 Å². The number of carbonyl (C=O) groups is 1. The molecule has 0 aromatic heterocycles. The van der Waals surface area contributed by atoms with Crippen molar-refractivity contribution in [3.8, 4) is 0 Å². The Kier molecular flexibility index (Phi) is 4.77. The number of aliphatic carboxylic acids is 1. The predicted octanol–water partition coefficient (Wildman–Crippen LogP) is 2.77. The summed E-state index contributed by atoms with van der Waals surface area (Å²) in [6.07, 6.45) is -4.78. The van der Waals surface area contributed by atoms with Crippen LogP contribution in [0.1, 0.15) is 12.5 Å². The van der Waals surface area contributed by atoms with Gasteiger partial charge in [-0.05, 0) is 6.07 Å². The fourth-order valence-corrected chi connectivity index (χ4v) is 1.78. The van der Waals surface area contributed by atoms with Crippen molar-refractivity contribution < 1.29 is 28.0 Å². The van der Waals surface area contributed by atoms with Crippen molar-refractivity contribution in [3.63, 3.8) is 0 Å². The highest BCUT2D eigenvalue weighted by atomic mass is 19.4. The molecule has 9 heteroatoms. The van der Waals surface area contributed by atoms with Crippen LogP contribution in [0.3, 0.4) is 0 Å². The molecule has 0 aliphatic carbocycles. The maximum absolute atomic E-state index is 13.0. The zero-order valence-electron chi connectivity index (χ0n) is 11.2. The second kappa shape index (κ2) is 5.98. The lowest BCUT2D eigenvalue weighted by Gasteiger charge is -2.24. The molecule has 0 saturated carbocycles. The normalized spacial score (nSPS) is 12.8. The standard InChI is InChI=1S/C12H13F3N2O4/c1-7(11(18)19)6-16(2)10-4-3-8(17(20)21)5-9(10)12(13,14)15/h3-5,7H,6H2,1-2H3,(H,18,19). The van der Waals surface area contributed by atoms with Gasteiger partial charge in [0.2, 0.25) is 0 Å². The molecule has 116 valence electrons. The van der Waals surface area contributed by atoms with E-state index in [4.69, 9.17) is 5.11 Å². The molecule has 0 spiro atoms. The molecule has 0 aliphatic heterocycles. The summed E-state index contributed by atoms with van der Waals surface area (Å²) >= 11 is 0. The van der Waals surface area contributed by atoms with Crippen LogP contribution < -0.4 is 4.90 Å². The largest absolute Gasteiger partial charge is 0.481 e. The molecule has 0 radical (unpaired) electrons. The minimum atomic E-state index is -4.78. The third-order valence-corrected chi connectivity index (χ3v) is 2.88. The Morgan fingerprint density at radius 2 is 2.05 bits per heavy atom. The number of benzene rings is 1. The van der Waals surface area contributed by atoms with Crippen molar-refractivity contribution in [2.75, 3.05) is 18.5 Å². The molecule has 1 rings (SSSR count). The van der Waals surface area contributed by atoms with Crippen LogP contribution in [0, 0.1) is 16.0 Å². The van der Waals surface area contributed by atoms with Gasteiger partial charge in [0, 0.05) is 31.4 Å². The number of hydrogen-bond donors (Lipinski definition) is 1. The molecule has 1 unspecified atom stereocenters. The zero-order valence-corrected chi connectivity index (χ0v) is 11.2. The second-order valence-corrected chi connectivity index (χ2v) is 4.58. The van der Waals surface area contributed by atoms with Crippen molar-refractivity contribution in [3.05, 3.63) is 33.9 Å². The van der Waals surface area contributed by atoms with Gasteiger partial charge in [-0.1, -0.05) is 6.92 Å². The lowest BCUT2D eigenvalue weighted by atomic mass is 10.1. The molecule has 1 atom stereocenters. The van der Waals surface area contributed by atoms with E-state index in [-0.39, 0.29) is 12.2 Å². The Morgan fingerprint density at radius 1 is 1.48 bits per heavy atom. The van der Waals surface area contributed by atoms with Gasteiger partial charge in [-0.15, -0.1) is 0 Å². The molecule has 0 fully saturated rings. The molecule has 1 aromatic carbocycles. The Balaban J connectivity index is 3.22. The van der Waals surface area contributed by atoms with E-state index in [9.17, 15) is 28.1 Å². The first-order chi connectivity index (χ1) is 9.54. The van der Waals surface area contributed by atoms with E-state index in [1.165, 1.54) is 14.0 Å². The SMILES string of the molecule is CC(CN(C)c1ccc([N+](=O)[O-])cc1C(F)(F)F)C(=O)O. The maximum atomic E-state index is 13.0. The summed E-state index contributed by atoms with van der Waals surface area (Å²) in [5, 5.41) is 19.4. The lowest BCUT2D eigenvalue weighted by Crippen LogP contribution is -2.30. The number of nitro groups is 1. The number of carboxylic acids is 1. The number of halogens is 3. The number of anilines is 1. The third-order valence-electron chi connectivity index (χ3n) is 2.88. The first-order valence-electron chi connectivity index (χ1n) is 5.83. The minimum absolute atomic E-state index is 0.157. The minimum Gasteiger partial charge on any atom is -0.481 e. The van der Waals surface area contributed by atoms with Crippen molar-refractivity contribution in [1.29, 1.82) is 0 Å². The highest BCUT2D eigenvalue weighted by molar-refractivity contribution is 5.71. The molecule has 21 heavy (non-hydrogen) atoms. The molecular weight excluding hydrogens is 293 g/mol. The van der Waals surface area contributed by atoms with Gasteiger partial charge in [0.15, 0.2) is 0 Å². The molecule has 0 aliphatic rings. The first kappa shape index (κ1) is 16.7. The molecule has 0 amide bonds. The Bertz CT molecular complexity index is 560. The van der Waals surface area contributed by atoms with Crippen LogP contribution in [0.2, 0.25) is 0 Å². The third kappa shape index (κ3) is 4.07. The zero-order chi connectivity index (χ0) is 16.4. The molecule has 1 N–H and O–H groups in total. The Labute approximate surface area is 117 Å². The van der Waals surface area contributed by atoms with Crippen LogP contribution in [0.15, 0.2) is 18.2 Å². The van der Waals surface area contributed by atoms with Gasteiger partial charge >= 0.3 is 12.1 Å². The maximum Gasteiger partial charge on any atom is 0.418 e. The Morgan fingerprint density at radius 3 is 2.48 bits per heavy atom. The fraction of sp³-hybridized carbons (Fsp3) is 0.417. The second-order valence-electron chi connectivity index (χ2n) is 4.58. The fourth-order valence-electron chi connectivity index (χ4n) is 1.78. The van der Waals surface area contributed by atoms with E-state index < -0.39 is 34.2 Å². The van der Waals surface area contributed by atoms with Crippen LogP contribution >= 0.6 is 0 Å². The molecule has 0 saturated heterocycles. The van der Waals surface area contributed by atoms with Crippen molar-refractivity contribution in [2.24, 2.45) is 5.92 Å². The average Bonchev–Trinajstić information content (AvgIpc) is 2.36. The van der Waals surface area contributed by atoms with Gasteiger partial charge in [0.1, 0.15) is 0 Å². The number of hydrogen-bond acceptors (Lipinski definition) is 4. The van der Waals surface area contributed by atoms with Crippen LogP contribution in [0.25, 0.3) is 0 Å². The summed E-state index contributed by atoms with van der Waals surface area (Å²) < 4.78 is 38.9. The number of carboxylic acid groups (broad SMARTS) is 1. The summed E-state index contributed by atoms with van der Waals surface area (Å²) in [5.41, 5.74) is -2.15. The van der Waals surface area contributed by atoms with Crippen LogP contribution in [-0.2, 0) is 11.0 Å². The van der Waals surface area contributed by atoms with E-state index in [0.717, 1.165) is 17.0 Å². The van der Waals surface area contributed by atoms with E-state index in [2.05, 4.69) is 0 Å². The quantitative estimate of drug-likeness (QED) is 0.668. The lowest BCUT2D eigenvalue weighted by molar-refractivity contribution is -0.385. The van der Waals surface area contributed by atoms with Gasteiger partial charge < -0.3 is 10.0 Å². The molecule has 0 heterocycles. The summed E-state index contributed by atoms with van der Waals surface area (Å²) in [6, 6.07) is 2.36. The summed E-state index contributed by atoms with van der Waals surface area (Å²) in [5.74, 6) is -2.02. The van der Waals surface area contributed by atoms with E-state index in [0.29, 0.717) is 6.07 Å². The van der Waals surface area contributed by atoms with Gasteiger partial charge in [-0.2, -0.15) is 13.2 Å². The average molecular weight is 306 g/mol. The van der Waals surface area contributed by atoms with Gasteiger partial charge in [0.25, 0.3) is 5.69 Å². The molecule has 1 aromatic rings. The highest BCUT2D eigenvalue weighted by Gasteiger charge is 2.36. The molecule has 0 bridgehead atoms. The smallest absolute Gasteiger partial charge is 0.418 e. The van der Waals surface area contributed by atoms with Crippen molar-refractivity contribution >= 4 is 17.3 Å². The number of non-ortho nitro benzene ring substituents is 1. The van der Waals surface area contributed by atoms with Gasteiger partial charge in [0.05, 0.1) is 16.4 Å². The monoisotopic (exact) mass is 306 g/mol. The first-order valence-corrected chi connectivity index (χ1v) is 5.83. The van der Waals surface area contributed by atoms with Crippen molar-refractivity contribution in [2.45, 2.75) is 13.1 Å². The molecular formula is C12H13F3N2O4. The van der Waals surface area contributed by atoms with Gasteiger partial charge in [-0.25, -0.2) is 0 Å². The number of nitro benzene ring substituents is 1. The van der Waals surface area contributed by atoms with Crippen LogP contribution in [0.5, 0.6) is 0 Å². The van der Waals surface area contributed by atoms with E-state index in [1.807, 2.05) is 0 Å². The number of rotatable bonds is 5. The van der Waals surface area contributed by atoms with E-state index in [1.54, 1.807) is 0 Å². The van der Waals surface area contributed by atoms with E-state index >= 15 is 0 Å². The van der Waals surface area contributed by atoms with Crippen LogP contribution in [-0.4, -0.2) is 29.6 Å². The summed E-state index contributed by atoms with van der Waals surface area (Å²) in [7, 11) is 1.30. The topological polar surface area (TPSA) is 83.7 Å². The van der Waals surface area contributed by atoms with Crippen LogP contribution in [0.4, 0.5) is 24.5 Å². The summed E-state index contributed by atoms with van der Waals surface area (Å²) in [4.78, 5) is 21.5. The summed E-state index contributed by atoms with van der Waals surface area (Å²) in [6.45, 7) is 1.20. The number of alkyl halides is 3. The highest BCUT2D eigenvalue weighted by Crippen LogP contribution is 2.38. The van der Waals surface area contributed by atoms with Gasteiger partial charge in [-0.3, -0.25) is 14.9 Å². The Hall–Kier alpha value is -2.32.